The Kier molecular flexibility index (Phi) is 4.82. The van der Waals surface area contributed by atoms with Gasteiger partial charge in [0.15, 0.2) is 11.5 Å². The van der Waals surface area contributed by atoms with Gasteiger partial charge in [0.2, 0.25) is 10.0 Å². The Hall–Kier alpha value is -2.49. The van der Waals surface area contributed by atoms with E-state index in [4.69, 9.17) is 4.52 Å². The number of carbonyl (C=O) groups is 1. The highest BCUT2D eigenvalue weighted by Gasteiger charge is 2.33. The molecule has 0 bridgehead atoms. The molecule has 0 radical (unpaired) electrons. The summed E-state index contributed by atoms with van der Waals surface area (Å²) in [5.41, 5.74) is 1.97. The number of sulfonamides is 1. The lowest BCUT2D eigenvalue weighted by Gasteiger charge is -2.33. The van der Waals surface area contributed by atoms with E-state index in [2.05, 4.69) is 10.1 Å². The number of ketones is 1. The van der Waals surface area contributed by atoms with Gasteiger partial charge in [0.05, 0.1) is 6.54 Å². The van der Waals surface area contributed by atoms with Gasteiger partial charge in [0.25, 0.3) is 0 Å². The Morgan fingerprint density at radius 2 is 1.89 bits per heavy atom. The number of fused-ring (bicyclic) bond motifs is 1. The molecule has 9 heteroatoms. The second-order valence-electron chi connectivity index (χ2n) is 7.00. The van der Waals surface area contributed by atoms with Gasteiger partial charge < -0.3 is 9.51 Å². The zero-order chi connectivity index (χ0) is 19.9. The van der Waals surface area contributed by atoms with E-state index in [0.29, 0.717) is 43.2 Å². The van der Waals surface area contributed by atoms with Crippen LogP contribution < -0.4 is 0 Å². The third kappa shape index (κ3) is 3.25. The van der Waals surface area contributed by atoms with Crippen LogP contribution in [-0.2, 0) is 10.0 Å². The molecule has 1 N–H and O–H groups in total. The molecule has 1 saturated heterocycles. The predicted molar refractivity (Wildman–Crippen MR) is 104 cm³/mol. The highest BCUT2D eigenvalue weighted by molar-refractivity contribution is 7.89. The number of aromatic amines is 1. The molecule has 1 aliphatic heterocycles. The average Bonchev–Trinajstić information content (AvgIpc) is 3.25. The minimum atomic E-state index is -3.64. The van der Waals surface area contributed by atoms with Gasteiger partial charge in [-0.1, -0.05) is 23.4 Å². The second kappa shape index (κ2) is 7.16. The zero-order valence-corrected chi connectivity index (χ0v) is 16.6. The molecule has 3 heterocycles. The molecule has 0 spiro atoms. The van der Waals surface area contributed by atoms with Gasteiger partial charge in [0.1, 0.15) is 10.6 Å². The van der Waals surface area contributed by atoms with E-state index in [-0.39, 0.29) is 17.2 Å². The summed E-state index contributed by atoms with van der Waals surface area (Å²) in [7, 11) is -3.64. The summed E-state index contributed by atoms with van der Waals surface area (Å²) in [4.78, 5) is 18.0. The third-order valence-electron chi connectivity index (χ3n) is 5.15. The van der Waals surface area contributed by atoms with Crippen LogP contribution in [0, 0.1) is 13.8 Å². The van der Waals surface area contributed by atoms with Crippen molar-refractivity contribution in [1.82, 2.24) is 19.3 Å². The van der Waals surface area contributed by atoms with Crippen molar-refractivity contribution in [2.24, 2.45) is 0 Å². The summed E-state index contributed by atoms with van der Waals surface area (Å²) < 4.78 is 32.2. The molecule has 8 nitrogen and oxygen atoms in total. The van der Waals surface area contributed by atoms with Crippen LogP contribution in [-0.4, -0.2) is 66.3 Å². The number of nitrogens with zero attached hydrogens (tertiary/aromatic N) is 3. The van der Waals surface area contributed by atoms with Crippen LogP contribution in [0.3, 0.4) is 0 Å². The molecule has 2 aromatic heterocycles. The SMILES string of the molecule is Cc1noc(C)c1S(=O)(=O)N1CCN(CC(=O)c2c[nH]c3ccccc23)CC1. The number of carbonyl (C=O) groups excluding carboxylic acids is 1. The zero-order valence-electron chi connectivity index (χ0n) is 15.8. The number of hydrogen-bond donors (Lipinski definition) is 1. The highest BCUT2D eigenvalue weighted by Crippen LogP contribution is 2.24. The molecule has 0 saturated carbocycles. The predicted octanol–water partition coefficient (Wildman–Crippen LogP) is 1.96. The lowest BCUT2D eigenvalue weighted by molar-refractivity contribution is 0.0903. The van der Waals surface area contributed by atoms with Crippen molar-refractivity contribution in [1.29, 1.82) is 0 Å². The molecule has 148 valence electrons. The van der Waals surface area contributed by atoms with Crippen molar-refractivity contribution >= 4 is 26.7 Å². The van der Waals surface area contributed by atoms with Crippen LogP contribution in [0.2, 0.25) is 0 Å². The molecule has 0 unspecified atom stereocenters. The molecule has 0 amide bonds. The minimum Gasteiger partial charge on any atom is -0.360 e. The van der Waals surface area contributed by atoms with Crippen molar-refractivity contribution in [2.45, 2.75) is 18.7 Å². The summed E-state index contributed by atoms with van der Waals surface area (Å²) >= 11 is 0. The van der Waals surface area contributed by atoms with E-state index in [9.17, 15) is 13.2 Å². The first kappa shape index (κ1) is 18.9. The number of para-hydroxylation sites is 1. The number of H-pyrrole nitrogens is 1. The number of nitrogens with one attached hydrogen (secondary N) is 1. The van der Waals surface area contributed by atoms with Gasteiger partial charge in [-0.3, -0.25) is 9.69 Å². The smallest absolute Gasteiger partial charge is 0.248 e. The third-order valence-corrected chi connectivity index (χ3v) is 7.30. The topological polar surface area (TPSA) is 99.5 Å². The van der Waals surface area contributed by atoms with Gasteiger partial charge in [0, 0.05) is 48.8 Å². The molecule has 4 rings (SSSR count). The number of rotatable bonds is 5. The van der Waals surface area contributed by atoms with Crippen LogP contribution >= 0.6 is 0 Å². The van der Waals surface area contributed by atoms with Gasteiger partial charge in [-0.15, -0.1) is 0 Å². The number of Topliss-reactive ketones (excluding diaryl/α,β-unsaturated/α-hetero) is 1. The maximum atomic E-state index is 12.9. The molecular weight excluding hydrogens is 380 g/mol. The van der Waals surface area contributed by atoms with Crippen LogP contribution in [0.15, 0.2) is 39.9 Å². The second-order valence-corrected chi connectivity index (χ2v) is 8.88. The number of benzene rings is 1. The Morgan fingerprint density at radius 3 is 2.57 bits per heavy atom. The van der Waals surface area contributed by atoms with Crippen LogP contribution in [0.4, 0.5) is 0 Å². The summed E-state index contributed by atoms with van der Waals surface area (Å²) in [6.07, 6.45) is 1.74. The highest BCUT2D eigenvalue weighted by atomic mass is 32.2. The molecule has 1 fully saturated rings. The van der Waals surface area contributed by atoms with E-state index in [0.717, 1.165) is 10.9 Å². The molecule has 28 heavy (non-hydrogen) atoms. The van der Waals surface area contributed by atoms with Crippen molar-refractivity contribution in [3.8, 4) is 0 Å². The van der Waals surface area contributed by atoms with E-state index in [1.165, 1.54) is 4.31 Å². The number of piperazine rings is 1. The molecule has 3 aromatic rings. The molecule has 0 atom stereocenters. The van der Waals surface area contributed by atoms with Crippen LogP contribution in [0.25, 0.3) is 10.9 Å². The average molecular weight is 402 g/mol. The van der Waals surface area contributed by atoms with E-state index < -0.39 is 10.0 Å². The summed E-state index contributed by atoms with van der Waals surface area (Å²) in [6.45, 7) is 5.14. The van der Waals surface area contributed by atoms with Gasteiger partial charge in [-0.05, 0) is 19.9 Å². The Morgan fingerprint density at radius 1 is 1.18 bits per heavy atom. The van der Waals surface area contributed by atoms with Gasteiger partial charge in [-0.2, -0.15) is 4.31 Å². The van der Waals surface area contributed by atoms with Gasteiger partial charge in [-0.25, -0.2) is 8.42 Å². The van der Waals surface area contributed by atoms with Gasteiger partial charge >= 0.3 is 0 Å². The maximum absolute atomic E-state index is 12.9. The lowest BCUT2D eigenvalue weighted by atomic mass is 10.1. The fourth-order valence-electron chi connectivity index (χ4n) is 3.69. The summed E-state index contributed by atoms with van der Waals surface area (Å²) in [5.74, 6) is 0.328. The quantitative estimate of drug-likeness (QED) is 0.655. The molecular formula is C19H22N4O4S. The minimum absolute atomic E-state index is 0.0273. The Labute approximate surface area is 163 Å². The van der Waals surface area contributed by atoms with Crippen molar-refractivity contribution < 1.29 is 17.7 Å². The number of aromatic nitrogens is 2. The molecule has 1 aliphatic rings. The first-order valence-electron chi connectivity index (χ1n) is 9.12. The summed E-state index contributed by atoms with van der Waals surface area (Å²) in [6, 6.07) is 7.69. The van der Waals surface area contributed by atoms with Crippen LogP contribution in [0.5, 0.6) is 0 Å². The molecule has 1 aromatic carbocycles. The standard InChI is InChI=1S/C19H22N4O4S/c1-13-19(14(2)27-21-13)28(25,26)23-9-7-22(8-10-23)12-18(24)16-11-20-17-6-4-3-5-15(16)17/h3-6,11,20H,7-10,12H2,1-2H3. The summed E-state index contributed by atoms with van der Waals surface area (Å²) in [5, 5.41) is 4.66. The van der Waals surface area contributed by atoms with E-state index in [1.54, 1.807) is 20.0 Å². The first-order valence-corrected chi connectivity index (χ1v) is 10.6. The largest absolute Gasteiger partial charge is 0.360 e. The fraction of sp³-hybridized carbons (Fsp3) is 0.368. The van der Waals surface area contributed by atoms with Crippen molar-refractivity contribution in [3.63, 3.8) is 0 Å². The van der Waals surface area contributed by atoms with E-state index in [1.807, 2.05) is 29.2 Å². The normalized spacial score (nSPS) is 16.6. The molecule has 0 aliphatic carbocycles. The first-order chi connectivity index (χ1) is 13.4. The fourth-order valence-corrected chi connectivity index (χ4v) is 5.40. The lowest BCUT2D eigenvalue weighted by Crippen LogP contribution is -2.49. The van der Waals surface area contributed by atoms with Crippen LogP contribution in [0.1, 0.15) is 21.8 Å². The Bertz CT molecular complexity index is 1100. The van der Waals surface area contributed by atoms with Crippen molar-refractivity contribution in [2.75, 3.05) is 32.7 Å². The van der Waals surface area contributed by atoms with E-state index >= 15 is 0 Å². The maximum Gasteiger partial charge on any atom is 0.248 e. The monoisotopic (exact) mass is 402 g/mol. The number of aryl methyl sites for hydroxylation is 2. The number of hydrogen-bond acceptors (Lipinski definition) is 6. The Balaban J connectivity index is 1.42. The van der Waals surface area contributed by atoms with Crippen molar-refractivity contribution in [3.05, 3.63) is 47.5 Å².